The molecule has 2 aliphatic rings. The topological polar surface area (TPSA) is 69.6 Å². The number of likely N-dealkylation sites (tertiary alicyclic amines) is 1. The number of rotatable bonds is 4. The number of carboxylic acids is 1. The average molecular weight is 318 g/mol. The molecule has 23 heavy (non-hydrogen) atoms. The molecule has 3 heterocycles. The number of nitrogens with zero attached hydrogens (tertiary/aromatic N) is 4. The summed E-state index contributed by atoms with van der Waals surface area (Å²) in [5.41, 5.74) is 1.12. The van der Waals surface area contributed by atoms with Gasteiger partial charge in [-0.25, -0.2) is 4.98 Å². The Hall–Kier alpha value is -1.69. The second kappa shape index (κ2) is 6.43. The van der Waals surface area contributed by atoms with Crippen LogP contribution in [0.1, 0.15) is 38.3 Å². The smallest absolute Gasteiger partial charge is 0.320 e. The van der Waals surface area contributed by atoms with Gasteiger partial charge in [0.1, 0.15) is 11.9 Å². The second-order valence-corrected chi connectivity index (χ2v) is 6.98. The van der Waals surface area contributed by atoms with E-state index in [1.165, 1.54) is 0 Å². The highest BCUT2D eigenvalue weighted by Gasteiger charge is 2.47. The van der Waals surface area contributed by atoms with E-state index in [1.54, 1.807) is 12.4 Å². The van der Waals surface area contributed by atoms with Crippen LogP contribution in [0.25, 0.3) is 0 Å². The molecule has 1 aromatic rings. The first-order chi connectivity index (χ1) is 11.0. The second-order valence-electron chi connectivity index (χ2n) is 6.98. The maximum absolute atomic E-state index is 11.6. The van der Waals surface area contributed by atoms with E-state index in [2.05, 4.69) is 26.7 Å². The Morgan fingerprint density at radius 1 is 1.35 bits per heavy atom. The van der Waals surface area contributed by atoms with Crippen molar-refractivity contribution in [2.24, 2.45) is 5.41 Å². The van der Waals surface area contributed by atoms with E-state index >= 15 is 0 Å². The van der Waals surface area contributed by atoms with Gasteiger partial charge in [-0.15, -0.1) is 0 Å². The highest BCUT2D eigenvalue weighted by Crippen LogP contribution is 2.44. The third-order valence-electron chi connectivity index (χ3n) is 5.38. The maximum atomic E-state index is 11.6. The van der Waals surface area contributed by atoms with Crippen molar-refractivity contribution in [3.8, 4) is 0 Å². The number of piperidine rings is 1. The van der Waals surface area contributed by atoms with E-state index in [1.807, 2.05) is 6.92 Å². The minimum atomic E-state index is -0.664. The van der Waals surface area contributed by atoms with Crippen molar-refractivity contribution < 1.29 is 9.90 Å². The van der Waals surface area contributed by atoms with E-state index in [-0.39, 0.29) is 11.5 Å². The number of anilines is 1. The first-order valence-electron chi connectivity index (χ1n) is 8.54. The Bertz CT molecular complexity index is 569. The Kier molecular flexibility index (Phi) is 4.53. The molecule has 1 aromatic heterocycles. The van der Waals surface area contributed by atoms with Crippen LogP contribution in [0, 0.1) is 12.3 Å². The van der Waals surface area contributed by atoms with E-state index in [4.69, 9.17) is 0 Å². The summed E-state index contributed by atoms with van der Waals surface area (Å²) < 4.78 is 0. The van der Waals surface area contributed by atoms with E-state index in [0.29, 0.717) is 0 Å². The molecule has 0 saturated carbocycles. The van der Waals surface area contributed by atoms with Crippen LogP contribution in [-0.2, 0) is 4.79 Å². The molecular weight excluding hydrogens is 292 g/mol. The number of hydrogen-bond donors (Lipinski definition) is 1. The molecule has 1 N–H and O–H groups in total. The van der Waals surface area contributed by atoms with Gasteiger partial charge in [0.25, 0.3) is 0 Å². The predicted molar refractivity (Wildman–Crippen MR) is 88.6 cm³/mol. The molecule has 6 nitrogen and oxygen atoms in total. The number of hydrogen-bond acceptors (Lipinski definition) is 5. The summed E-state index contributed by atoms with van der Waals surface area (Å²) in [6, 6.07) is -0.306. The Balaban J connectivity index is 1.68. The van der Waals surface area contributed by atoms with Gasteiger partial charge in [0.15, 0.2) is 0 Å². The molecule has 126 valence electrons. The molecule has 3 rings (SSSR count). The van der Waals surface area contributed by atoms with Crippen molar-refractivity contribution in [3.05, 3.63) is 18.1 Å². The number of aliphatic carboxylic acids is 1. The molecule has 0 radical (unpaired) electrons. The number of aryl methyl sites for hydroxylation is 1. The van der Waals surface area contributed by atoms with Crippen LogP contribution in [0.5, 0.6) is 0 Å². The van der Waals surface area contributed by atoms with Crippen molar-refractivity contribution in [2.75, 3.05) is 31.1 Å². The van der Waals surface area contributed by atoms with Gasteiger partial charge in [0, 0.05) is 32.0 Å². The molecule has 0 aromatic carbocycles. The largest absolute Gasteiger partial charge is 0.480 e. The quantitative estimate of drug-likeness (QED) is 0.915. The number of aromatic nitrogens is 2. The van der Waals surface area contributed by atoms with Gasteiger partial charge in [0.2, 0.25) is 0 Å². The molecule has 0 aliphatic carbocycles. The minimum absolute atomic E-state index is 0.158. The summed E-state index contributed by atoms with van der Waals surface area (Å²) >= 11 is 0. The predicted octanol–water partition coefficient (Wildman–Crippen LogP) is 1.94. The van der Waals surface area contributed by atoms with Crippen molar-refractivity contribution in [2.45, 2.75) is 45.6 Å². The fourth-order valence-electron chi connectivity index (χ4n) is 4.18. The van der Waals surface area contributed by atoms with E-state index in [9.17, 15) is 9.90 Å². The SMILES string of the molecule is CCCN1CC2(CCN(c3nccnc3C)CC2)CC1C(=O)O. The number of carbonyl (C=O) groups is 1. The zero-order valence-electron chi connectivity index (χ0n) is 14.0. The molecular formula is C17H26N4O2. The molecule has 0 amide bonds. The first-order valence-corrected chi connectivity index (χ1v) is 8.54. The molecule has 2 saturated heterocycles. The lowest BCUT2D eigenvalue weighted by atomic mass is 9.76. The third-order valence-corrected chi connectivity index (χ3v) is 5.38. The van der Waals surface area contributed by atoms with E-state index < -0.39 is 5.97 Å². The van der Waals surface area contributed by atoms with Crippen LogP contribution < -0.4 is 4.90 Å². The normalized spacial score (nSPS) is 24.3. The summed E-state index contributed by atoms with van der Waals surface area (Å²) in [6.45, 7) is 7.78. The van der Waals surface area contributed by atoms with Crippen molar-refractivity contribution in [3.63, 3.8) is 0 Å². The maximum Gasteiger partial charge on any atom is 0.320 e. The molecule has 2 aliphatic heterocycles. The zero-order valence-corrected chi connectivity index (χ0v) is 14.0. The van der Waals surface area contributed by atoms with Gasteiger partial charge in [-0.2, -0.15) is 0 Å². The Morgan fingerprint density at radius 3 is 2.65 bits per heavy atom. The van der Waals surface area contributed by atoms with Crippen LogP contribution in [-0.4, -0.2) is 58.2 Å². The summed E-state index contributed by atoms with van der Waals surface area (Å²) in [5, 5.41) is 9.52. The van der Waals surface area contributed by atoms with Crippen LogP contribution in [0.2, 0.25) is 0 Å². The van der Waals surface area contributed by atoms with Gasteiger partial charge in [0.05, 0.1) is 5.69 Å². The van der Waals surface area contributed by atoms with Gasteiger partial charge in [-0.1, -0.05) is 6.92 Å². The molecule has 0 bridgehead atoms. The Morgan fingerprint density at radius 2 is 2.04 bits per heavy atom. The molecule has 1 unspecified atom stereocenters. The first kappa shape index (κ1) is 16.2. The lowest BCUT2D eigenvalue weighted by Gasteiger charge is -2.40. The summed E-state index contributed by atoms with van der Waals surface area (Å²) in [5.74, 6) is 0.308. The fraction of sp³-hybridized carbons (Fsp3) is 0.706. The molecule has 2 fully saturated rings. The third kappa shape index (κ3) is 3.17. The zero-order chi connectivity index (χ0) is 16.4. The molecule has 1 spiro atoms. The minimum Gasteiger partial charge on any atom is -0.480 e. The van der Waals surface area contributed by atoms with Crippen LogP contribution in [0.4, 0.5) is 5.82 Å². The summed E-state index contributed by atoms with van der Waals surface area (Å²) in [7, 11) is 0. The van der Waals surface area contributed by atoms with Crippen LogP contribution in [0.15, 0.2) is 12.4 Å². The lowest BCUT2D eigenvalue weighted by Crippen LogP contribution is -2.42. The summed E-state index contributed by atoms with van der Waals surface area (Å²) in [4.78, 5) is 24.8. The monoisotopic (exact) mass is 318 g/mol. The van der Waals surface area contributed by atoms with Crippen LogP contribution >= 0.6 is 0 Å². The number of carboxylic acid groups (broad SMARTS) is 1. The molecule has 6 heteroatoms. The Labute approximate surface area is 137 Å². The van der Waals surface area contributed by atoms with Gasteiger partial charge >= 0.3 is 5.97 Å². The van der Waals surface area contributed by atoms with Crippen molar-refractivity contribution in [1.29, 1.82) is 0 Å². The van der Waals surface area contributed by atoms with Gasteiger partial charge < -0.3 is 10.0 Å². The standard InChI is InChI=1S/C17H26N4O2/c1-3-8-21-12-17(11-14(21)16(22)23)4-9-20(10-5-17)15-13(2)18-6-7-19-15/h6-7,14H,3-5,8-12H2,1-2H3,(H,22,23). The highest BCUT2D eigenvalue weighted by atomic mass is 16.4. The van der Waals surface area contributed by atoms with E-state index in [0.717, 1.165) is 63.4 Å². The summed E-state index contributed by atoms with van der Waals surface area (Å²) in [6.07, 6.45) is 7.33. The van der Waals surface area contributed by atoms with Crippen molar-refractivity contribution >= 4 is 11.8 Å². The fourth-order valence-corrected chi connectivity index (χ4v) is 4.18. The highest BCUT2D eigenvalue weighted by molar-refractivity contribution is 5.74. The van der Waals surface area contributed by atoms with Gasteiger partial charge in [-0.05, 0) is 44.6 Å². The van der Waals surface area contributed by atoms with Gasteiger partial charge in [-0.3, -0.25) is 14.7 Å². The molecule has 1 atom stereocenters. The average Bonchev–Trinajstić information content (AvgIpc) is 2.88. The lowest BCUT2D eigenvalue weighted by molar-refractivity contribution is -0.142. The van der Waals surface area contributed by atoms with Crippen molar-refractivity contribution in [1.82, 2.24) is 14.9 Å². The van der Waals surface area contributed by atoms with Crippen LogP contribution in [0.3, 0.4) is 0 Å².